The molecular formula is C21H28N4O. The van der Waals surface area contributed by atoms with Crippen molar-refractivity contribution in [2.45, 2.75) is 70.8 Å². The molecule has 0 unspecified atom stereocenters. The highest BCUT2D eigenvalue weighted by Gasteiger charge is 2.18. The van der Waals surface area contributed by atoms with Crippen LogP contribution in [0.25, 0.3) is 11.4 Å². The van der Waals surface area contributed by atoms with Gasteiger partial charge >= 0.3 is 0 Å². The zero-order chi connectivity index (χ0) is 17.8. The summed E-state index contributed by atoms with van der Waals surface area (Å²) in [5, 5.41) is 11.8. The summed E-state index contributed by atoms with van der Waals surface area (Å²) in [6.45, 7) is 0.998. The number of nitrogens with one attached hydrogen (secondary N) is 1. The number of aromatic nitrogens is 3. The minimum absolute atomic E-state index is 0.140. The minimum Gasteiger partial charge on any atom is -0.326 e. The van der Waals surface area contributed by atoms with Crippen molar-refractivity contribution in [3.63, 3.8) is 0 Å². The quantitative estimate of drug-likeness (QED) is 0.876. The number of hydrogen-bond donors (Lipinski definition) is 1. The second-order valence-corrected chi connectivity index (χ2v) is 7.74. The van der Waals surface area contributed by atoms with E-state index in [9.17, 15) is 4.79 Å². The van der Waals surface area contributed by atoms with Crippen LogP contribution in [0, 0.1) is 5.92 Å². The largest absolute Gasteiger partial charge is 0.326 e. The highest BCUT2D eigenvalue weighted by molar-refractivity contribution is 5.91. The summed E-state index contributed by atoms with van der Waals surface area (Å²) in [4.78, 5) is 12.3. The lowest BCUT2D eigenvalue weighted by atomic mass is 9.87. The number of amides is 1. The standard InChI is InChI=1S/C21H28N4O/c26-20(15-16-7-3-1-4-8-16)22-18-12-10-17(11-13-18)21-24-23-19-9-5-2-6-14-25(19)21/h10-13,16H,1-9,14-15H2,(H,22,26). The van der Waals surface area contributed by atoms with Crippen molar-refractivity contribution in [1.29, 1.82) is 0 Å². The number of hydrogen-bond acceptors (Lipinski definition) is 3. The van der Waals surface area contributed by atoms with E-state index in [0.29, 0.717) is 12.3 Å². The number of rotatable bonds is 4. The van der Waals surface area contributed by atoms with Crippen LogP contribution in [0.15, 0.2) is 24.3 Å². The third kappa shape index (κ3) is 3.97. The molecule has 26 heavy (non-hydrogen) atoms. The zero-order valence-electron chi connectivity index (χ0n) is 15.4. The van der Waals surface area contributed by atoms with Crippen molar-refractivity contribution in [2.24, 2.45) is 5.92 Å². The van der Waals surface area contributed by atoms with Gasteiger partial charge in [-0.3, -0.25) is 4.79 Å². The summed E-state index contributed by atoms with van der Waals surface area (Å²) in [7, 11) is 0. The maximum Gasteiger partial charge on any atom is 0.224 e. The highest BCUT2D eigenvalue weighted by Crippen LogP contribution is 2.27. The lowest BCUT2D eigenvalue weighted by molar-refractivity contribution is -0.117. The Hall–Kier alpha value is -2.17. The molecule has 4 rings (SSSR count). The SMILES string of the molecule is O=C(CC1CCCCC1)Nc1ccc(-c2nnc3n2CCCCC3)cc1. The van der Waals surface area contributed by atoms with Gasteiger partial charge in [0.2, 0.25) is 5.91 Å². The minimum atomic E-state index is 0.140. The average Bonchev–Trinajstić information content (AvgIpc) is 2.91. The van der Waals surface area contributed by atoms with Crippen molar-refractivity contribution in [2.75, 3.05) is 5.32 Å². The average molecular weight is 352 g/mol. The summed E-state index contributed by atoms with van der Waals surface area (Å²) in [5.41, 5.74) is 1.93. The van der Waals surface area contributed by atoms with Crippen LogP contribution >= 0.6 is 0 Å². The van der Waals surface area contributed by atoms with E-state index in [0.717, 1.165) is 35.9 Å². The van der Waals surface area contributed by atoms with Gasteiger partial charge in [-0.25, -0.2) is 0 Å². The predicted molar refractivity (Wildman–Crippen MR) is 103 cm³/mol. The van der Waals surface area contributed by atoms with Crippen molar-refractivity contribution in [3.05, 3.63) is 30.1 Å². The Bertz CT molecular complexity index is 744. The first kappa shape index (κ1) is 17.3. The molecule has 0 spiro atoms. The van der Waals surface area contributed by atoms with Crippen molar-refractivity contribution >= 4 is 11.6 Å². The zero-order valence-corrected chi connectivity index (χ0v) is 15.4. The van der Waals surface area contributed by atoms with Gasteiger partial charge in [-0.15, -0.1) is 10.2 Å². The molecule has 0 bridgehead atoms. The fourth-order valence-corrected chi connectivity index (χ4v) is 4.27. The van der Waals surface area contributed by atoms with Gasteiger partial charge in [0.25, 0.3) is 0 Å². The highest BCUT2D eigenvalue weighted by atomic mass is 16.1. The van der Waals surface area contributed by atoms with E-state index in [1.807, 2.05) is 24.3 Å². The summed E-state index contributed by atoms with van der Waals surface area (Å²) < 4.78 is 2.25. The summed E-state index contributed by atoms with van der Waals surface area (Å²) in [5.74, 6) is 2.75. The van der Waals surface area contributed by atoms with Gasteiger partial charge in [-0.05, 0) is 55.9 Å². The Kier molecular flexibility index (Phi) is 5.32. The molecular weight excluding hydrogens is 324 g/mol. The van der Waals surface area contributed by atoms with E-state index in [2.05, 4.69) is 20.1 Å². The van der Waals surface area contributed by atoms with Crippen molar-refractivity contribution in [3.8, 4) is 11.4 Å². The van der Waals surface area contributed by atoms with Crippen LogP contribution in [-0.2, 0) is 17.8 Å². The van der Waals surface area contributed by atoms with E-state index in [-0.39, 0.29) is 5.91 Å². The van der Waals surface area contributed by atoms with Crippen LogP contribution in [0.2, 0.25) is 0 Å². The molecule has 2 heterocycles. The first-order valence-electron chi connectivity index (χ1n) is 10.1. The number of benzene rings is 1. The molecule has 1 amide bonds. The summed E-state index contributed by atoms with van der Waals surface area (Å²) in [6, 6.07) is 8.04. The molecule has 1 aliphatic carbocycles. The van der Waals surface area contributed by atoms with Crippen LogP contribution in [0.4, 0.5) is 5.69 Å². The fourth-order valence-electron chi connectivity index (χ4n) is 4.27. The van der Waals surface area contributed by atoms with Crippen molar-refractivity contribution < 1.29 is 4.79 Å². The first-order chi connectivity index (χ1) is 12.8. The number of anilines is 1. The normalized spacial score (nSPS) is 18.2. The Labute approximate surface area is 155 Å². The molecule has 2 aromatic rings. The summed E-state index contributed by atoms with van der Waals surface area (Å²) >= 11 is 0. The number of aryl methyl sites for hydroxylation is 1. The molecule has 1 aliphatic heterocycles. The molecule has 1 aromatic heterocycles. The number of fused-ring (bicyclic) bond motifs is 1. The van der Waals surface area contributed by atoms with Crippen molar-refractivity contribution in [1.82, 2.24) is 14.8 Å². The summed E-state index contributed by atoms with van der Waals surface area (Å²) in [6.07, 6.45) is 11.6. The second-order valence-electron chi connectivity index (χ2n) is 7.74. The maximum atomic E-state index is 12.3. The van der Waals surface area contributed by atoms with E-state index in [1.165, 1.54) is 51.4 Å². The van der Waals surface area contributed by atoms with Gasteiger partial charge < -0.3 is 9.88 Å². The van der Waals surface area contributed by atoms with Gasteiger partial charge in [-0.1, -0.05) is 25.7 Å². The van der Waals surface area contributed by atoms with Crippen LogP contribution in [-0.4, -0.2) is 20.7 Å². The smallest absolute Gasteiger partial charge is 0.224 e. The van der Waals surface area contributed by atoms with E-state index in [4.69, 9.17) is 0 Å². The Balaban J connectivity index is 1.40. The second kappa shape index (κ2) is 8.02. The number of carbonyl (C=O) groups excluding carboxylic acids is 1. The molecule has 1 saturated carbocycles. The molecule has 5 heteroatoms. The fraction of sp³-hybridized carbons (Fsp3) is 0.571. The van der Waals surface area contributed by atoms with Gasteiger partial charge in [0.05, 0.1) is 0 Å². The van der Waals surface area contributed by atoms with E-state index in [1.54, 1.807) is 0 Å². The monoisotopic (exact) mass is 352 g/mol. The lowest BCUT2D eigenvalue weighted by Gasteiger charge is -2.20. The Morgan fingerprint density at radius 1 is 1.00 bits per heavy atom. The van der Waals surface area contributed by atoms with E-state index < -0.39 is 0 Å². The topological polar surface area (TPSA) is 59.8 Å². The number of carbonyl (C=O) groups is 1. The third-order valence-corrected chi connectivity index (χ3v) is 5.74. The number of nitrogens with zero attached hydrogens (tertiary/aromatic N) is 3. The maximum absolute atomic E-state index is 12.3. The van der Waals surface area contributed by atoms with Crippen LogP contribution in [0.5, 0.6) is 0 Å². The molecule has 2 aliphatic rings. The molecule has 1 fully saturated rings. The van der Waals surface area contributed by atoms with Gasteiger partial charge in [-0.2, -0.15) is 0 Å². The first-order valence-corrected chi connectivity index (χ1v) is 10.1. The Morgan fingerprint density at radius 2 is 1.77 bits per heavy atom. The Morgan fingerprint density at radius 3 is 2.58 bits per heavy atom. The lowest BCUT2D eigenvalue weighted by Crippen LogP contribution is -2.18. The molecule has 138 valence electrons. The van der Waals surface area contributed by atoms with Crippen LogP contribution in [0.3, 0.4) is 0 Å². The van der Waals surface area contributed by atoms with Crippen LogP contribution < -0.4 is 5.32 Å². The van der Waals surface area contributed by atoms with Crippen LogP contribution in [0.1, 0.15) is 63.6 Å². The molecule has 0 saturated heterocycles. The van der Waals surface area contributed by atoms with Gasteiger partial charge in [0.1, 0.15) is 5.82 Å². The molecule has 1 aromatic carbocycles. The molecule has 1 N–H and O–H groups in total. The van der Waals surface area contributed by atoms with Gasteiger partial charge in [0.15, 0.2) is 5.82 Å². The predicted octanol–water partition coefficient (Wildman–Crippen LogP) is 4.58. The van der Waals surface area contributed by atoms with Gasteiger partial charge in [0, 0.05) is 30.6 Å². The van der Waals surface area contributed by atoms with E-state index >= 15 is 0 Å². The molecule has 5 nitrogen and oxygen atoms in total. The molecule has 0 radical (unpaired) electrons. The molecule has 0 atom stereocenters. The third-order valence-electron chi connectivity index (χ3n) is 5.74.